The second kappa shape index (κ2) is 7.14. The van der Waals surface area contributed by atoms with Gasteiger partial charge in [0.2, 0.25) is 0 Å². The molecule has 0 saturated heterocycles. The smallest absolute Gasteiger partial charge is 0.260 e. The van der Waals surface area contributed by atoms with Gasteiger partial charge in [-0.2, -0.15) is 0 Å². The van der Waals surface area contributed by atoms with Gasteiger partial charge in [-0.25, -0.2) is 0 Å². The quantitative estimate of drug-likeness (QED) is 0.830. The van der Waals surface area contributed by atoms with Crippen molar-refractivity contribution < 1.29 is 14.6 Å². The van der Waals surface area contributed by atoms with Crippen molar-refractivity contribution in [2.45, 2.75) is 46.3 Å². The molecule has 4 heteroatoms. The average molecular weight is 265 g/mol. The number of carbonyl (C=O) groups excluding carboxylic acids is 1. The molecule has 1 amide bonds. The Morgan fingerprint density at radius 1 is 1.42 bits per heavy atom. The molecule has 2 atom stereocenters. The minimum absolute atomic E-state index is 0.110. The molecule has 0 saturated carbocycles. The van der Waals surface area contributed by atoms with Crippen LogP contribution in [0.1, 0.15) is 44.4 Å². The van der Waals surface area contributed by atoms with Crippen molar-refractivity contribution in [3.63, 3.8) is 0 Å². The Morgan fingerprint density at radius 3 is 2.63 bits per heavy atom. The van der Waals surface area contributed by atoms with Gasteiger partial charge in [-0.05, 0) is 50.5 Å². The van der Waals surface area contributed by atoms with E-state index in [1.165, 1.54) is 0 Å². The van der Waals surface area contributed by atoms with Gasteiger partial charge in [0.15, 0.2) is 6.10 Å². The molecule has 1 rings (SSSR count). The first-order valence-corrected chi connectivity index (χ1v) is 6.68. The zero-order valence-corrected chi connectivity index (χ0v) is 12.1. The lowest BCUT2D eigenvalue weighted by Crippen LogP contribution is -2.36. The summed E-state index contributed by atoms with van der Waals surface area (Å²) in [6.45, 7) is 8.01. The van der Waals surface area contributed by atoms with E-state index in [1.807, 2.05) is 26.0 Å². The van der Waals surface area contributed by atoms with Crippen molar-refractivity contribution in [1.29, 1.82) is 0 Å². The molecule has 19 heavy (non-hydrogen) atoms. The fourth-order valence-electron chi connectivity index (χ4n) is 1.70. The van der Waals surface area contributed by atoms with E-state index in [4.69, 9.17) is 4.74 Å². The number of nitrogens with one attached hydrogen (secondary N) is 1. The SMILES string of the molecule is CCCNC(=O)C(C)Oc1ccc([C@H](C)O)cc1C. The van der Waals surface area contributed by atoms with Crippen molar-refractivity contribution in [3.05, 3.63) is 29.3 Å². The summed E-state index contributed by atoms with van der Waals surface area (Å²) in [5.41, 5.74) is 1.75. The second-order valence-electron chi connectivity index (χ2n) is 4.75. The highest BCUT2D eigenvalue weighted by Crippen LogP contribution is 2.23. The maximum absolute atomic E-state index is 11.7. The molecule has 0 aliphatic heterocycles. The van der Waals surface area contributed by atoms with E-state index in [-0.39, 0.29) is 5.91 Å². The molecule has 0 heterocycles. The standard InChI is InChI=1S/C15H23NO3/c1-5-8-16-15(18)12(4)19-14-7-6-13(11(3)17)9-10(14)2/h6-7,9,11-12,17H,5,8H2,1-4H3,(H,16,18)/t11-,12?/m0/s1. The molecule has 0 aromatic heterocycles. The highest BCUT2D eigenvalue weighted by atomic mass is 16.5. The Morgan fingerprint density at radius 2 is 2.11 bits per heavy atom. The number of aryl methyl sites for hydroxylation is 1. The van der Waals surface area contributed by atoms with Crippen LogP contribution in [0.3, 0.4) is 0 Å². The molecule has 1 aromatic rings. The molecule has 0 radical (unpaired) electrons. The fraction of sp³-hybridized carbons (Fsp3) is 0.533. The maximum atomic E-state index is 11.7. The monoisotopic (exact) mass is 265 g/mol. The van der Waals surface area contributed by atoms with Crippen LogP contribution >= 0.6 is 0 Å². The topological polar surface area (TPSA) is 58.6 Å². The van der Waals surface area contributed by atoms with Crippen molar-refractivity contribution in [3.8, 4) is 5.75 Å². The molecule has 106 valence electrons. The minimum atomic E-state index is -0.525. The van der Waals surface area contributed by atoms with E-state index in [2.05, 4.69) is 5.32 Å². The molecule has 0 aliphatic rings. The fourth-order valence-corrected chi connectivity index (χ4v) is 1.70. The lowest BCUT2D eigenvalue weighted by Gasteiger charge is -2.17. The number of ether oxygens (including phenoxy) is 1. The molecular weight excluding hydrogens is 242 g/mol. The summed E-state index contributed by atoms with van der Waals surface area (Å²) in [5, 5.41) is 12.3. The molecule has 0 spiro atoms. The minimum Gasteiger partial charge on any atom is -0.481 e. The number of hydrogen-bond donors (Lipinski definition) is 2. The summed E-state index contributed by atoms with van der Waals surface area (Å²) in [4.78, 5) is 11.7. The summed E-state index contributed by atoms with van der Waals surface area (Å²) in [5.74, 6) is 0.560. The third kappa shape index (κ3) is 4.56. The van der Waals surface area contributed by atoms with Gasteiger partial charge in [-0.15, -0.1) is 0 Å². The van der Waals surface area contributed by atoms with Gasteiger partial charge in [0.25, 0.3) is 5.91 Å². The van der Waals surface area contributed by atoms with Gasteiger partial charge >= 0.3 is 0 Å². The van der Waals surface area contributed by atoms with Gasteiger partial charge in [0.05, 0.1) is 6.10 Å². The summed E-state index contributed by atoms with van der Waals surface area (Å²) >= 11 is 0. The van der Waals surface area contributed by atoms with Crippen LogP contribution in [-0.2, 0) is 4.79 Å². The van der Waals surface area contributed by atoms with Gasteiger partial charge in [-0.3, -0.25) is 4.79 Å². The number of aliphatic hydroxyl groups is 1. The molecule has 4 nitrogen and oxygen atoms in total. The molecule has 1 unspecified atom stereocenters. The lowest BCUT2D eigenvalue weighted by atomic mass is 10.1. The number of carbonyl (C=O) groups is 1. The van der Waals surface area contributed by atoms with Crippen LogP contribution in [0.2, 0.25) is 0 Å². The van der Waals surface area contributed by atoms with Crippen LogP contribution in [0.15, 0.2) is 18.2 Å². The number of rotatable bonds is 6. The van der Waals surface area contributed by atoms with Crippen LogP contribution in [0.4, 0.5) is 0 Å². The molecule has 0 aliphatic carbocycles. The molecular formula is C15H23NO3. The van der Waals surface area contributed by atoms with Crippen molar-refractivity contribution in [2.75, 3.05) is 6.54 Å². The number of amides is 1. The van der Waals surface area contributed by atoms with Gasteiger partial charge in [0, 0.05) is 6.54 Å². The number of aliphatic hydroxyl groups excluding tert-OH is 1. The first-order valence-electron chi connectivity index (χ1n) is 6.68. The van der Waals surface area contributed by atoms with Gasteiger partial charge < -0.3 is 15.2 Å². The predicted molar refractivity (Wildman–Crippen MR) is 75.2 cm³/mol. The van der Waals surface area contributed by atoms with Gasteiger partial charge in [-0.1, -0.05) is 13.0 Å². The van der Waals surface area contributed by atoms with E-state index in [0.29, 0.717) is 12.3 Å². The first-order chi connectivity index (χ1) is 8.95. The third-order valence-corrected chi connectivity index (χ3v) is 2.90. The Balaban J connectivity index is 2.69. The Bertz CT molecular complexity index is 429. The summed E-state index contributed by atoms with van der Waals surface area (Å²) in [6, 6.07) is 5.47. The molecule has 1 aromatic carbocycles. The van der Waals surface area contributed by atoms with E-state index in [9.17, 15) is 9.90 Å². The summed E-state index contributed by atoms with van der Waals surface area (Å²) in [6.07, 6.45) is -0.124. The normalized spacial score (nSPS) is 13.7. The maximum Gasteiger partial charge on any atom is 0.260 e. The van der Waals surface area contributed by atoms with E-state index < -0.39 is 12.2 Å². The number of benzene rings is 1. The highest BCUT2D eigenvalue weighted by Gasteiger charge is 2.15. The first kappa shape index (κ1) is 15.5. The van der Waals surface area contributed by atoms with E-state index in [0.717, 1.165) is 17.5 Å². The zero-order chi connectivity index (χ0) is 14.4. The van der Waals surface area contributed by atoms with Gasteiger partial charge in [0.1, 0.15) is 5.75 Å². The Hall–Kier alpha value is -1.55. The van der Waals surface area contributed by atoms with Crippen molar-refractivity contribution in [1.82, 2.24) is 5.32 Å². The van der Waals surface area contributed by atoms with Crippen LogP contribution in [-0.4, -0.2) is 23.7 Å². The van der Waals surface area contributed by atoms with Crippen molar-refractivity contribution >= 4 is 5.91 Å². The Labute approximate surface area is 114 Å². The predicted octanol–water partition coefficient (Wildman–Crippen LogP) is 2.34. The Kier molecular flexibility index (Phi) is 5.83. The number of hydrogen-bond acceptors (Lipinski definition) is 3. The molecule has 0 fully saturated rings. The van der Waals surface area contributed by atoms with Crippen LogP contribution < -0.4 is 10.1 Å². The van der Waals surface area contributed by atoms with Crippen LogP contribution in [0, 0.1) is 6.92 Å². The van der Waals surface area contributed by atoms with Crippen LogP contribution in [0.25, 0.3) is 0 Å². The largest absolute Gasteiger partial charge is 0.481 e. The summed E-state index contributed by atoms with van der Waals surface area (Å²) in [7, 11) is 0. The van der Waals surface area contributed by atoms with E-state index in [1.54, 1.807) is 19.9 Å². The zero-order valence-electron chi connectivity index (χ0n) is 12.1. The highest BCUT2D eigenvalue weighted by molar-refractivity contribution is 5.80. The molecule has 2 N–H and O–H groups in total. The van der Waals surface area contributed by atoms with E-state index >= 15 is 0 Å². The molecule has 0 bridgehead atoms. The average Bonchev–Trinajstić information content (AvgIpc) is 2.37. The second-order valence-corrected chi connectivity index (χ2v) is 4.75. The third-order valence-electron chi connectivity index (χ3n) is 2.90. The summed E-state index contributed by atoms with van der Waals surface area (Å²) < 4.78 is 5.65. The lowest BCUT2D eigenvalue weighted by molar-refractivity contribution is -0.127. The van der Waals surface area contributed by atoms with Crippen molar-refractivity contribution in [2.24, 2.45) is 0 Å². The van der Waals surface area contributed by atoms with Crippen LogP contribution in [0.5, 0.6) is 5.75 Å².